The van der Waals surface area contributed by atoms with Gasteiger partial charge in [-0.15, -0.1) is 0 Å². The summed E-state index contributed by atoms with van der Waals surface area (Å²) in [6.45, 7) is 4.50. The van der Waals surface area contributed by atoms with Gasteiger partial charge >= 0.3 is 0 Å². The van der Waals surface area contributed by atoms with Crippen LogP contribution in [-0.2, 0) is 6.42 Å². The van der Waals surface area contributed by atoms with Crippen molar-refractivity contribution in [2.75, 3.05) is 35.2 Å². The Bertz CT molecular complexity index is 352. The van der Waals surface area contributed by atoms with Crippen LogP contribution in [0.4, 0.5) is 11.4 Å². The predicted molar refractivity (Wildman–Crippen MR) is 74.4 cm³/mol. The fourth-order valence-electron chi connectivity index (χ4n) is 2.29. The minimum Gasteiger partial charge on any atom is -0.397 e. The third kappa shape index (κ3) is 2.46. The molecule has 1 aliphatic rings. The number of para-hydroxylation sites is 1. The van der Waals surface area contributed by atoms with E-state index in [1.807, 2.05) is 17.8 Å². The summed E-state index contributed by atoms with van der Waals surface area (Å²) < 4.78 is 0. The molecule has 0 atom stereocenters. The molecule has 1 aromatic rings. The molecule has 88 valence electrons. The van der Waals surface area contributed by atoms with Gasteiger partial charge in [-0.25, -0.2) is 0 Å². The summed E-state index contributed by atoms with van der Waals surface area (Å²) in [4.78, 5) is 2.45. The lowest BCUT2D eigenvalue weighted by molar-refractivity contribution is 0.802. The van der Waals surface area contributed by atoms with Gasteiger partial charge < -0.3 is 10.6 Å². The van der Waals surface area contributed by atoms with Crippen LogP contribution in [-0.4, -0.2) is 24.6 Å². The smallest absolute Gasteiger partial charge is 0.0633 e. The molecule has 0 saturated heterocycles. The maximum atomic E-state index is 6.05. The molecular weight excluding hydrogens is 216 g/mol. The number of anilines is 2. The predicted octanol–water partition coefficient (Wildman–Crippen LogP) is 2.77. The Kier molecular flexibility index (Phi) is 3.99. The van der Waals surface area contributed by atoms with E-state index in [0.29, 0.717) is 0 Å². The normalized spacial score (nSPS) is 14.2. The van der Waals surface area contributed by atoms with E-state index in [0.717, 1.165) is 25.2 Å². The van der Waals surface area contributed by atoms with Crippen LogP contribution < -0.4 is 10.6 Å². The second-order valence-electron chi connectivity index (χ2n) is 4.14. The third-order valence-electron chi connectivity index (χ3n) is 3.04. The largest absolute Gasteiger partial charge is 0.397 e. The van der Waals surface area contributed by atoms with E-state index in [1.165, 1.54) is 29.2 Å². The SMILES string of the molecule is CCSCCCN1CCc2cccc(N)c21. The molecule has 0 amide bonds. The van der Waals surface area contributed by atoms with Crippen LogP contribution in [0.2, 0.25) is 0 Å². The van der Waals surface area contributed by atoms with Gasteiger partial charge in [0.1, 0.15) is 0 Å². The van der Waals surface area contributed by atoms with Gasteiger partial charge in [0, 0.05) is 13.1 Å². The lowest BCUT2D eigenvalue weighted by atomic mass is 10.1. The van der Waals surface area contributed by atoms with Crippen LogP contribution in [0.5, 0.6) is 0 Å². The van der Waals surface area contributed by atoms with Crippen molar-refractivity contribution in [3.05, 3.63) is 23.8 Å². The second kappa shape index (κ2) is 5.48. The van der Waals surface area contributed by atoms with Gasteiger partial charge in [-0.2, -0.15) is 11.8 Å². The zero-order chi connectivity index (χ0) is 11.4. The van der Waals surface area contributed by atoms with Crippen LogP contribution in [0.1, 0.15) is 18.9 Å². The molecule has 0 saturated carbocycles. The third-order valence-corrected chi connectivity index (χ3v) is 4.02. The summed E-state index contributed by atoms with van der Waals surface area (Å²) in [5, 5.41) is 0. The van der Waals surface area contributed by atoms with Crippen molar-refractivity contribution in [2.45, 2.75) is 19.8 Å². The number of nitrogens with zero attached hydrogens (tertiary/aromatic N) is 1. The topological polar surface area (TPSA) is 29.3 Å². The van der Waals surface area contributed by atoms with Gasteiger partial charge in [-0.1, -0.05) is 19.1 Å². The van der Waals surface area contributed by atoms with E-state index in [9.17, 15) is 0 Å². The Hall–Kier alpha value is -0.830. The first kappa shape index (κ1) is 11.6. The number of benzene rings is 1. The van der Waals surface area contributed by atoms with Gasteiger partial charge in [0.25, 0.3) is 0 Å². The molecule has 3 heteroatoms. The van der Waals surface area contributed by atoms with E-state index in [4.69, 9.17) is 5.73 Å². The molecule has 2 rings (SSSR count). The van der Waals surface area contributed by atoms with Crippen LogP contribution in [0.3, 0.4) is 0 Å². The van der Waals surface area contributed by atoms with Crippen molar-refractivity contribution in [1.29, 1.82) is 0 Å². The maximum absolute atomic E-state index is 6.05. The zero-order valence-corrected chi connectivity index (χ0v) is 10.7. The van der Waals surface area contributed by atoms with Crippen LogP contribution in [0.15, 0.2) is 18.2 Å². The van der Waals surface area contributed by atoms with Crippen LogP contribution >= 0.6 is 11.8 Å². The van der Waals surface area contributed by atoms with Crippen molar-refractivity contribution in [1.82, 2.24) is 0 Å². The average Bonchev–Trinajstić information content (AvgIpc) is 2.69. The summed E-state index contributed by atoms with van der Waals surface area (Å²) in [6.07, 6.45) is 2.41. The highest BCUT2D eigenvalue weighted by molar-refractivity contribution is 7.99. The highest BCUT2D eigenvalue weighted by Crippen LogP contribution is 2.33. The summed E-state index contributed by atoms with van der Waals surface area (Å²) >= 11 is 2.02. The van der Waals surface area contributed by atoms with Gasteiger partial charge in [-0.3, -0.25) is 0 Å². The Labute approximate surface area is 102 Å². The molecule has 1 aromatic carbocycles. The zero-order valence-electron chi connectivity index (χ0n) is 9.91. The molecule has 0 unspecified atom stereocenters. The highest BCUT2D eigenvalue weighted by atomic mass is 32.2. The summed E-state index contributed by atoms with van der Waals surface area (Å²) in [5.74, 6) is 2.48. The fourth-order valence-corrected chi connectivity index (χ4v) is 2.91. The van der Waals surface area contributed by atoms with E-state index in [1.54, 1.807) is 0 Å². The number of rotatable bonds is 5. The number of nitrogen functional groups attached to an aromatic ring is 1. The summed E-state index contributed by atoms with van der Waals surface area (Å²) in [5.41, 5.74) is 9.70. The van der Waals surface area contributed by atoms with E-state index in [-0.39, 0.29) is 0 Å². The van der Waals surface area contributed by atoms with E-state index >= 15 is 0 Å². The minimum atomic E-state index is 0.943. The van der Waals surface area contributed by atoms with Crippen molar-refractivity contribution < 1.29 is 0 Å². The molecule has 0 fully saturated rings. The second-order valence-corrected chi connectivity index (χ2v) is 5.54. The molecule has 1 heterocycles. The standard InChI is InChI=1S/C13H20N2S/c1-2-16-10-4-8-15-9-7-11-5-3-6-12(14)13(11)15/h3,5-6H,2,4,7-10,14H2,1H3. The van der Waals surface area contributed by atoms with Gasteiger partial charge in [-0.05, 0) is 36.0 Å². The summed E-state index contributed by atoms with van der Waals surface area (Å²) in [6, 6.07) is 6.27. The first-order valence-corrected chi connectivity index (χ1v) is 7.18. The Morgan fingerprint density at radius 2 is 2.31 bits per heavy atom. The molecular formula is C13H20N2S. The summed E-state index contributed by atoms with van der Waals surface area (Å²) in [7, 11) is 0. The molecule has 0 bridgehead atoms. The van der Waals surface area contributed by atoms with Gasteiger partial charge in [0.15, 0.2) is 0 Å². The Morgan fingerprint density at radius 1 is 1.44 bits per heavy atom. The number of nitrogens with two attached hydrogens (primary N) is 1. The van der Waals surface area contributed by atoms with Gasteiger partial charge in [0.2, 0.25) is 0 Å². The molecule has 0 spiro atoms. The van der Waals surface area contributed by atoms with Gasteiger partial charge in [0.05, 0.1) is 11.4 Å². The monoisotopic (exact) mass is 236 g/mol. The van der Waals surface area contributed by atoms with Crippen LogP contribution in [0.25, 0.3) is 0 Å². The van der Waals surface area contributed by atoms with Crippen molar-refractivity contribution in [3.63, 3.8) is 0 Å². The molecule has 0 aliphatic carbocycles. The Morgan fingerprint density at radius 3 is 3.12 bits per heavy atom. The highest BCUT2D eigenvalue weighted by Gasteiger charge is 2.20. The molecule has 2 N–H and O–H groups in total. The quantitative estimate of drug-likeness (QED) is 0.629. The first-order valence-electron chi connectivity index (χ1n) is 6.03. The number of hydrogen-bond donors (Lipinski definition) is 1. The van der Waals surface area contributed by atoms with E-state index < -0.39 is 0 Å². The molecule has 0 radical (unpaired) electrons. The van der Waals surface area contributed by atoms with E-state index in [2.05, 4.69) is 24.0 Å². The number of thioether (sulfide) groups is 1. The van der Waals surface area contributed by atoms with Crippen molar-refractivity contribution in [3.8, 4) is 0 Å². The lowest BCUT2D eigenvalue weighted by Gasteiger charge is -2.20. The molecule has 0 aromatic heterocycles. The van der Waals surface area contributed by atoms with Crippen LogP contribution in [0, 0.1) is 0 Å². The maximum Gasteiger partial charge on any atom is 0.0633 e. The molecule has 16 heavy (non-hydrogen) atoms. The Balaban J connectivity index is 1.95. The average molecular weight is 236 g/mol. The number of fused-ring (bicyclic) bond motifs is 1. The fraction of sp³-hybridized carbons (Fsp3) is 0.538. The molecule has 2 nitrogen and oxygen atoms in total. The lowest BCUT2D eigenvalue weighted by Crippen LogP contribution is -2.23. The minimum absolute atomic E-state index is 0.943. The van der Waals surface area contributed by atoms with Crippen molar-refractivity contribution >= 4 is 23.1 Å². The molecule has 1 aliphatic heterocycles. The number of hydrogen-bond acceptors (Lipinski definition) is 3. The first-order chi connectivity index (χ1) is 7.83. The van der Waals surface area contributed by atoms with Crippen molar-refractivity contribution in [2.24, 2.45) is 0 Å².